The first-order valence-electron chi connectivity index (χ1n) is 6.13. The molecule has 19 heavy (non-hydrogen) atoms. The van der Waals surface area contributed by atoms with Crippen molar-refractivity contribution in [1.82, 2.24) is 4.98 Å². The van der Waals surface area contributed by atoms with Crippen LogP contribution < -0.4 is 0 Å². The number of pyridine rings is 1. The summed E-state index contributed by atoms with van der Waals surface area (Å²) in [4.78, 5) is 5.83. The van der Waals surface area contributed by atoms with Crippen LogP contribution in [0.2, 0.25) is 0 Å². The van der Waals surface area contributed by atoms with Crippen LogP contribution in [0.3, 0.4) is 0 Å². The van der Waals surface area contributed by atoms with Crippen molar-refractivity contribution in [3.05, 3.63) is 59.9 Å². The highest BCUT2D eigenvalue weighted by molar-refractivity contribution is 7.98. The molecule has 1 aliphatic rings. The summed E-state index contributed by atoms with van der Waals surface area (Å²) >= 11 is 1.74. The zero-order chi connectivity index (χ0) is 12.8. The zero-order valence-corrected chi connectivity index (χ0v) is 10.9. The number of halogens is 1. The lowest BCUT2D eigenvalue weighted by atomic mass is 10.0. The molecule has 3 aromatic rings. The Balaban J connectivity index is 2.05. The molecule has 1 aromatic heterocycles. The summed E-state index contributed by atoms with van der Waals surface area (Å²) in [5.74, 6) is 0.688. The van der Waals surface area contributed by atoms with Gasteiger partial charge < -0.3 is 0 Å². The van der Waals surface area contributed by atoms with Gasteiger partial charge in [0, 0.05) is 21.6 Å². The summed E-state index contributed by atoms with van der Waals surface area (Å²) < 4.78 is 13.5. The number of fused-ring (bicyclic) bond motifs is 4. The minimum Gasteiger partial charge on any atom is -0.247 e. The molecule has 2 heterocycles. The fourth-order valence-electron chi connectivity index (χ4n) is 2.47. The van der Waals surface area contributed by atoms with Gasteiger partial charge in [0.05, 0.1) is 11.2 Å². The standard InChI is InChI=1S/C16H10FNS/c17-12-5-6-15-13(8-12)16-11(9-19-15)7-10-3-1-2-4-14(10)18-16/h1-8H,9H2. The van der Waals surface area contributed by atoms with E-state index in [4.69, 9.17) is 4.98 Å². The number of nitrogens with zero attached hydrogens (tertiary/aromatic N) is 1. The van der Waals surface area contributed by atoms with Crippen molar-refractivity contribution in [1.29, 1.82) is 0 Å². The third-order valence-electron chi connectivity index (χ3n) is 3.38. The van der Waals surface area contributed by atoms with Crippen LogP contribution in [-0.2, 0) is 5.75 Å². The van der Waals surface area contributed by atoms with Gasteiger partial charge in [0.15, 0.2) is 0 Å². The van der Waals surface area contributed by atoms with Crippen LogP contribution in [0, 0.1) is 5.82 Å². The van der Waals surface area contributed by atoms with Gasteiger partial charge in [-0.1, -0.05) is 18.2 Å². The largest absolute Gasteiger partial charge is 0.247 e. The van der Waals surface area contributed by atoms with E-state index >= 15 is 0 Å². The Bertz CT molecular complexity index is 798. The van der Waals surface area contributed by atoms with Crippen molar-refractivity contribution >= 4 is 22.7 Å². The normalized spacial score (nSPS) is 13.1. The Morgan fingerprint density at radius 2 is 1.95 bits per heavy atom. The third-order valence-corrected chi connectivity index (χ3v) is 4.51. The average molecular weight is 267 g/mol. The van der Waals surface area contributed by atoms with Gasteiger partial charge in [0.1, 0.15) is 5.82 Å². The Morgan fingerprint density at radius 1 is 1.05 bits per heavy atom. The van der Waals surface area contributed by atoms with Gasteiger partial charge in [-0.3, -0.25) is 0 Å². The van der Waals surface area contributed by atoms with Crippen molar-refractivity contribution in [3.8, 4) is 11.3 Å². The molecule has 0 aliphatic carbocycles. The van der Waals surface area contributed by atoms with Crippen molar-refractivity contribution in [2.24, 2.45) is 0 Å². The second-order valence-corrected chi connectivity index (χ2v) is 5.64. The van der Waals surface area contributed by atoms with E-state index in [0.717, 1.165) is 32.8 Å². The van der Waals surface area contributed by atoms with E-state index in [1.54, 1.807) is 17.8 Å². The summed E-state index contributed by atoms with van der Waals surface area (Å²) in [7, 11) is 0. The van der Waals surface area contributed by atoms with Gasteiger partial charge in [-0.2, -0.15) is 0 Å². The highest BCUT2D eigenvalue weighted by atomic mass is 32.2. The van der Waals surface area contributed by atoms with E-state index < -0.39 is 0 Å². The number of rotatable bonds is 0. The Labute approximate surface area is 114 Å². The second-order valence-electron chi connectivity index (χ2n) is 4.62. The smallest absolute Gasteiger partial charge is 0.123 e. The molecule has 3 heteroatoms. The van der Waals surface area contributed by atoms with Gasteiger partial charge >= 0.3 is 0 Å². The van der Waals surface area contributed by atoms with E-state index in [0.29, 0.717) is 0 Å². The molecule has 0 saturated carbocycles. The zero-order valence-electron chi connectivity index (χ0n) is 10.1. The number of benzene rings is 2. The summed E-state index contributed by atoms with van der Waals surface area (Å²) in [5.41, 5.74) is 3.98. The highest BCUT2D eigenvalue weighted by Gasteiger charge is 2.19. The molecule has 0 atom stereocenters. The van der Waals surface area contributed by atoms with Crippen LogP contribution in [-0.4, -0.2) is 4.98 Å². The maximum absolute atomic E-state index is 13.5. The second kappa shape index (κ2) is 4.07. The van der Waals surface area contributed by atoms with Crippen LogP contribution in [0.15, 0.2) is 53.4 Å². The van der Waals surface area contributed by atoms with Crippen molar-refractivity contribution in [2.75, 3.05) is 0 Å². The number of hydrogen-bond acceptors (Lipinski definition) is 2. The molecule has 4 rings (SSSR count). The molecule has 92 valence electrons. The molecule has 1 nitrogen and oxygen atoms in total. The van der Waals surface area contributed by atoms with Gasteiger partial charge in [-0.25, -0.2) is 9.37 Å². The van der Waals surface area contributed by atoms with Crippen molar-refractivity contribution < 1.29 is 4.39 Å². The van der Waals surface area contributed by atoms with Gasteiger partial charge in [0.2, 0.25) is 0 Å². The average Bonchev–Trinajstić information content (AvgIpc) is 2.45. The fraction of sp³-hybridized carbons (Fsp3) is 0.0625. The Morgan fingerprint density at radius 3 is 2.89 bits per heavy atom. The molecule has 0 spiro atoms. The van der Waals surface area contributed by atoms with Gasteiger partial charge in [-0.05, 0) is 35.9 Å². The van der Waals surface area contributed by atoms with E-state index in [1.165, 1.54) is 11.6 Å². The first-order valence-corrected chi connectivity index (χ1v) is 7.11. The summed E-state index contributed by atoms with van der Waals surface area (Å²) in [6.45, 7) is 0. The Hall–Kier alpha value is -1.87. The van der Waals surface area contributed by atoms with E-state index in [1.807, 2.05) is 24.3 Å². The SMILES string of the molecule is Fc1ccc2c(c1)-c1nc3ccccc3cc1CS2. The predicted molar refractivity (Wildman–Crippen MR) is 76.7 cm³/mol. The number of para-hydroxylation sites is 1. The summed E-state index contributed by atoms with van der Waals surface area (Å²) in [6.07, 6.45) is 0. The first kappa shape index (κ1) is 11.0. The topological polar surface area (TPSA) is 12.9 Å². The van der Waals surface area contributed by atoms with Crippen LogP contribution in [0.4, 0.5) is 4.39 Å². The van der Waals surface area contributed by atoms with Crippen molar-refractivity contribution in [2.45, 2.75) is 10.6 Å². The van der Waals surface area contributed by atoms with Crippen LogP contribution >= 0.6 is 11.8 Å². The van der Waals surface area contributed by atoms with E-state index in [2.05, 4.69) is 12.1 Å². The molecule has 1 aliphatic heterocycles. The molecule has 0 N–H and O–H groups in total. The molecule has 0 radical (unpaired) electrons. The number of hydrogen-bond donors (Lipinski definition) is 0. The maximum atomic E-state index is 13.5. The highest BCUT2D eigenvalue weighted by Crippen LogP contribution is 2.41. The summed E-state index contributed by atoms with van der Waals surface area (Å²) in [5, 5.41) is 1.14. The Kier molecular flexibility index (Phi) is 2.35. The van der Waals surface area contributed by atoms with Crippen LogP contribution in [0.5, 0.6) is 0 Å². The minimum atomic E-state index is -0.206. The third kappa shape index (κ3) is 1.73. The molecular formula is C16H10FNS. The molecule has 0 fully saturated rings. The first-order chi connectivity index (χ1) is 9.31. The van der Waals surface area contributed by atoms with Gasteiger partial charge in [-0.15, -0.1) is 11.8 Å². The van der Waals surface area contributed by atoms with Crippen LogP contribution in [0.25, 0.3) is 22.2 Å². The van der Waals surface area contributed by atoms with Crippen molar-refractivity contribution in [3.63, 3.8) is 0 Å². The molecule has 0 amide bonds. The quantitative estimate of drug-likeness (QED) is 0.588. The molecule has 0 unspecified atom stereocenters. The summed E-state index contributed by atoms with van der Waals surface area (Å²) in [6, 6.07) is 15.2. The molecule has 2 aromatic carbocycles. The van der Waals surface area contributed by atoms with E-state index in [9.17, 15) is 4.39 Å². The van der Waals surface area contributed by atoms with Gasteiger partial charge in [0.25, 0.3) is 0 Å². The lowest BCUT2D eigenvalue weighted by Gasteiger charge is -2.19. The lowest BCUT2D eigenvalue weighted by Crippen LogP contribution is -2.00. The minimum absolute atomic E-state index is 0.206. The monoisotopic (exact) mass is 267 g/mol. The predicted octanol–water partition coefficient (Wildman–Crippen LogP) is 4.65. The fourth-order valence-corrected chi connectivity index (χ4v) is 3.48. The number of aromatic nitrogens is 1. The molecule has 0 saturated heterocycles. The van der Waals surface area contributed by atoms with Crippen LogP contribution in [0.1, 0.15) is 5.56 Å². The molecule has 0 bridgehead atoms. The molecular weight excluding hydrogens is 257 g/mol. The number of thioether (sulfide) groups is 1. The lowest BCUT2D eigenvalue weighted by molar-refractivity contribution is 0.627. The maximum Gasteiger partial charge on any atom is 0.123 e. The van der Waals surface area contributed by atoms with E-state index in [-0.39, 0.29) is 5.82 Å².